The van der Waals surface area contributed by atoms with Crippen molar-refractivity contribution in [2.75, 3.05) is 6.54 Å². The van der Waals surface area contributed by atoms with Gasteiger partial charge in [0.1, 0.15) is 12.4 Å². The molecular formula is C17H21IN2O. The van der Waals surface area contributed by atoms with Crippen LogP contribution in [0, 0.1) is 10.5 Å². The Labute approximate surface area is 140 Å². The van der Waals surface area contributed by atoms with Crippen LogP contribution in [0.2, 0.25) is 0 Å². The molecule has 3 nitrogen and oxygen atoms in total. The molecule has 1 aromatic heterocycles. The van der Waals surface area contributed by atoms with E-state index >= 15 is 0 Å². The van der Waals surface area contributed by atoms with Crippen LogP contribution < -0.4 is 10.1 Å². The molecule has 4 heteroatoms. The summed E-state index contributed by atoms with van der Waals surface area (Å²) in [5.41, 5.74) is 3.17. The number of halogens is 1. The number of nitrogens with zero attached hydrogens (tertiary/aromatic N) is 1. The second-order valence-corrected chi connectivity index (χ2v) is 6.24. The third-order valence-electron chi connectivity index (χ3n) is 3.10. The summed E-state index contributed by atoms with van der Waals surface area (Å²) in [6, 6.07) is 12.4. The van der Waals surface area contributed by atoms with Gasteiger partial charge in [-0.1, -0.05) is 19.1 Å². The molecule has 21 heavy (non-hydrogen) atoms. The lowest BCUT2D eigenvalue weighted by Gasteiger charge is -2.12. The Bertz CT molecular complexity index is 570. The van der Waals surface area contributed by atoms with E-state index in [2.05, 4.69) is 64.1 Å². The largest absolute Gasteiger partial charge is 0.487 e. The van der Waals surface area contributed by atoms with Crippen molar-refractivity contribution in [3.8, 4) is 5.75 Å². The minimum absolute atomic E-state index is 0.572. The zero-order valence-corrected chi connectivity index (χ0v) is 14.7. The van der Waals surface area contributed by atoms with Crippen LogP contribution in [0.4, 0.5) is 0 Å². The lowest BCUT2D eigenvalue weighted by Crippen LogP contribution is -2.16. The molecule has 2 aromatic rings. The highest BCUT2D eigenvalue weighted by molar-refractivity contribution is 14.1. The van der Waals surface area contributed by atoms with Crippen molar-refractivity contribution in [1.82, 2.24) is 10.3 Å². The number of ether oxygens (including phenoxy) is 1. The predicted octanol–water partition coefficient (Wildman–Crippen LogP) is 4.07. The first-order valence-electron chi connectivity index (χ1n) is 7.23. The Morgan fingerprint density at radius 3 is 2.62 bits per heavy atom. The fourth-order valence-electron chi connectivity index (χ4n) is 1.98. The van der Waals surface area contributed by atoms with Crippen molar-refractivity contribution in [2.24, 2.45) is 0 Å². The van der Waals surface area contributed by atoms with Gasteiger partial charge >= 0.3 is 0 Å². The summed E-state index contributed by atoms with van der Waals surface area (Å²) in [7, 11) is 0. The number of aromatic nitrogens is 1. The SMILES string of the molecule is CCCNCc1nc(C)ccc1OCc1ccc(I)cc1. The number of pyridine rings is 1. The van der Waals surface area contributed by atoms with Gasteiger partial charge in [-0.25, -0.2) is 0 Å². The number of nitrogens with one attached hydrogen (secondary N) is 1. The molecular weight excluding hydrogens is 375 g/mol. The maximum Gasteiger partial charge on any atom is 0.142 e. The van der Waals surface area contributed by atoms with E-state index in [-0.39, 0.29) is 0 Å². The van der Waals surface area contributed by atoms with Gasteiger partial charge in [-0.2, -0.15) is 0 Å². The average molecular weight is 396 g/mol. The molecule has 0 radical (unpaired) electrons. The van der Waals surface area contributed by atoms with Crippen molar-refractivity contribution >= 4 is 22.6 Å². The highest BCUT2D eigenvalue weighted by Gasteiger charge is 2.06. The van der Waals surface area contributed by atoms with Gasteiger partial charge < -0.3 is 10.1 Å². The van der Waals surface area contributed by atoms with Crippen LogP contribution in [0.25, 0.3) is 0 Å². The zero-order valence-electron chi connectivity index (χ0n) is 12.5. The van der Waals surface area contributed by atoms with Crippen molar-refractivity contribution in [3.05, 3.63) is 56.9 Å². The topological polar surface area (TPSA) is 34.2 Å². The molecule has 0 unspecified atom stereocenters. The molecule has 0 saturated carbocycles. The molecule has 0 aliphatic heterocycles. The Kier molecular flexibility index (Phi) is 6.45. The van der Waals surface area contributed by atoms with E-state index in [1.54, 1.807) is 0 Å². The standard InChI is InChI=1S/C17H21IN2O/c1-3-10-19-11-16-17(9-4-13(2)20-16)21-12-14-5-7-15(18)8-6-14/h4-9,19H,3,10-12H2,1-2H3. The van der Waals surface area contributed by atoms with Crippen LogP contribution in [-0.2, 0) is 13.2 Å². The van der Waals surface area contributed by atoms with Crippen molar-refractivity contribution in [3.63, 3.8) is 0 Å². The number of benzene rings is 1. The highest BCUT2D eigenvalue weighted by Crippen LogP contribution is 2.19. The minimum Gasteiger partial charge on any atom is -0.487 e. The summed E-state index contributed by atoms with van der Waals surface area (Å²) < 4.78 is 7.18. The fraction of sp³-hybridized carbons (Fsp3) is 0.353. The lowest BCUT2D eigenvalue weighted by atomic mass is 10.2. The van der Waals surface area contributed by atoms with E-state index in [0.717, 1.165) is 36.6 Å². The van der Waals surface area contributed by atoms with Crippen molar-refractivity contribution in [1.29, 1.82) is 0 Å². The molecule has 0 spiro atoms. The molecule has 0 bridgehead atoms. The first kappa shape index (κ1) is 16.2. The van der Waals surface area contributed by atoms with Gasteiger partial charge in [0.15, 0.2) is 0 Å². The van der Waals surface area contributed by atoms with Gasteiger partial charge in [0.05, 0.1) is 5.69 Å². The third kappa shape index (κ3) is 5.28. The predicted molar refractivity (Wildman–Crippen MR) is 94.5 cm³/mol. The van der Waals surface area contributed by atoms with E-state index in [4.69, 9.17) is 4.74 Å². The Hall–Kier alpha value is -1.14. The molecule has 0 amide bonds. The van der Waals surface area contributed by atoms with Gasteiger partial charge in [-0.15, -0.1) is 0 Å². The summed E-state index contributed by atoms with van der Waals surface area (Å²) >= 11 is 2.30. The van der Waals surface area contributed by atoms with E-state index < -0.39 is 0 Å². The normalized spacial score (nSPS) is 10.6. The summed E-state index contributed by atoms with van der Waals surface area (Å²) in [5, 5.41) is 3.38. The highest BCUT2D eigenvalue weighted by atomic mass is 127. The molecule has 0 fully saturated rings. The Morgan fingerprint density at radius 1 is 1.14 bits per heavy atom. The average Bonchev–Trinajstić information content (AvgIpc) is 2.48. The van der Waals surface area contributed by atoms with Crippen LogP contribution >= 0.6 is 22.6 Å². The smallest absolute Gasteiger partial charge is 0.142 e. The second-order valence-electron chi connectivity index (χ2n) is 4.99. The number of hydrogen-bond acceptors (Lipinski definition) is 3. The van der Waals surface area contributed by atoms with Crippen molar-refractivity contribution in [2.45, 2.75) is 33.4 Å². The maximum absolute atomic E-state index is 5.94. The molecule has 1 N–H and O–H groups in total. The van der Waals surface area contributed by atoms with E-state index in [0.29, 0.717) is 6.61 Å². The van der Waals surface area contributed by atoms with Crippen LogP contribution in [0.1, 0.15) is 30.3 Å². The Balaban J connectivity index is 2.02. The van der Waals surface area contributed by atoms with Gasteiger partial charge in [0.25, 0.3) is 0 Å². The monoisotopic (exact) mass is 396 g/mol. The van der Waals surface area contributed by atoms with Crippen LogP contribution in [0.5, 0.6) is 5.75 Å². The van der Waals surface area contributed by atoms with E-state index in [9.17, 15) is 0 Å². The summed E-state index contributed by atoms with van der Waals surface area (Å²) in [4.78, 5) is 4.58. The van der Waals surface area contributed by atoms with Crippen molar-refractivity contribution < 1.29 is 4.74 Å². The van der Waals surface area contributed by atoms with Gasteiger partial charge in [-0.3, -0.25) is 4.98 Å². The number of rotatable bonds is 7. The van der Waals surface area contributed by atoms with Gasteiger partial charge in [0.2, 0.25) is 0 Å². The van der Waals surface area contributed by atoms with Crippen LogP contribution in [0.15, 0.2) is 36.4 Å². The minimum atomic E-state index is 0.572. The summed E-state index contributed by atoms with van der Waals surface area (Å²) in [5.74, 6) is 0.864. The third-order valence-corrected chi connectivity index (χ3v) is 3.82. The molecule has 112 valence electrons. The van der Waals surface area contributed by atoms with E-state index in [1.165, 1.54) is 9.13 Å². The first-order chi connectivity index (χ1) is 10.2. The maximum atomic E-state index is 5.94. The van der Waals surface area contributed by atoms with Gasteiger partial charge in [0, 0.05) is 15.8 Å². The molecule has 1 heterocycles. The van der Waals surface area contributed by atoms with Crippen LogP contribution in [-0.4, -0.2) is 11.5 Å². The second kappa shape index (κ2) is 8.34. The quantitative estimate of drug-likeness (QED) is 0.566. The molecule has 2 rings (SSSR count). The first-order valence-corrected chi connectivity index (χ1v) is 8.31. The fourth-order valence-corrected chi connectivity index (χ4v) is 2.34. The molecule has 1 aromatic carbocycles. The number of hydrogen-bond donors (Lipinski definition) is 1. The van der Waals surface area contributed by atoms with Gasteiger partial charge in [-0.05, 0) is 72.3 Å². The molecule has 0 saturated heterocycles. The lowest BCUT2D eigenvalue weighted by molar-refractivity contribution is 0.300. The number of aryl methyl sites for hydroxylation is 1. The summed E-state index contributed by atoms with van der Waals surface area (Å²) in [6.45, 7) is 6.48. The molecule has 0 atom stereocenters. The Morgan fingerprint density at radius 2 is 1.90 bits per heavy atom. The van der Waals surface area contributed by atoms with Crippen LogP contribution in [0.3, 0.4) is 0 Å². The zero-order chi connectivity index (χ0) is 15.1. The molecule has 0 aliphatic rings. The van der Waals surface area contributed by atoms with E-state index in [1.807, 2.05) is 19.1 Å². The molecule has 0 aliphatic carbocycles. The summed E-state index contributed by atoms with van der Waals surface area (Å²) in [6.07, 6.45) is 1.12.